The highest BCUT2D eigenvalue weighted by molar-refractivity contribution is 5.96. The molecule has 1 aliphatic rings. The fourth-order valence-corrected chi connectivity index (χ4v) is 5.36. The number of likely N-dealkylation sites (tertiary alicyclic amines) is 1. The zero-order valence-electron chi connectivity index (χ0n) is 25.1. The predicted molar refractivity (Wildman–Crippen MR) is 169 cm³/mol. The summed E-state index contributed by atoms with van der Waals surface area (Å²) in [5, 5.41) is 5.33. The molecule has 0 radical (unpaired) electrons. The molecule has 45 heavy (non-hydrogen) atoms. The van der Waals surface area contributed by atoms with Gasteiger partial charge < -0.3 is 31.6 Å². The molecule has 1 aliphatic heterocycles. The first-order valence-electron chi connectivity index (χ1n) is 14.4. The Morgan fingerprint density at radius 3 is 2.24 bits per heavy atom. The number of nitrogens with zero attached hydrogens (tertiary/aromatic N) is 1. The number of nitrogens with one attached hydrogen (secondary N) is 2. The lowest BCUT2D eigenvalue weighted by Gasteiger charge is -2.36. The maximum absolute atomic E-state index is 14.2. The molecular formula is C32H38ClF2N5O5. The molecule has 1 atom stereocenters. The van der Waals surface area contributed by atoms with Gasteiger partial charge in [-0.25, -0.2) is 13.6 Å². The number of hydrogen-bond donors (Lipinski definition) is 4. The van der Waals surface area contributed by atoms with Crippen molar-refractivity contribution in [3.63, 3.8) is 0 Å². The van der Waals surface area contributed by atoms with Crippen LogP contribution in [0.15, 0.2) is 54.6 Å². The van der Waals surface area contributed by atoms with E-state index in [2.05, 4.69) is 15.5 Å². The molecule has 0 bridgehead atoms. The zero-order valence-corrected chi connectivity index (χ0v) is 25.9. The minimum absolute atomic E-state index is 0. The van der Waals surface area contributed by atoms with Crippen LogP contribution in [-0.4, -0.2) is 49.0 Å². The normalized spacial score (nSPS) is 14.1. The first kappa shape index (κ1) is 35.1. The van der Waals surface area contributed by atoms with Gasteiger partial charge in [-0.2, -0.15) is 0 Å². The fourth-order valence-electron chi connectivity index (χ4n) is 5.36. The average Bonchev–Trinajstić information content (AvgIpc) is 2.99. The van der Waals surface area contributed by atoms with E-state index in [-0.39, 0.29) is 30.1 Å². The van der Waals surface area contributed by atoms with E-state index in [0.717, 1.165) is 56.9 Å². The molecule has 6 N–H and O–H groups in total. The Morgan fingerprint density at radius 1 is 0.956 bits per heavy atom. The van der Waals surface area contributed by atoms with Crippen molar-refractivity contribution in [3.05, 3.63) is 82.9 Å². The Bertz CT molecular complexity index is 1500. The van der Waals surface area contributed by atoms with Crippen LogP contribution >= 0.6 is 12.4 Å². The third-order valence-corrected chi connectivity index (χ3v) is 7.69. The minimum Gasteiger partial charge on any atom is -0.493 e. The largest absolute Gasteiger partial charge is 0.493 e. The fraction of sp³-hybridized carbons (Fsp3) is 0.344. The number of anilines is 1. The first-order valence-corrected chi connectivity index (χ1v) is 14.4. The van der Waals surface area contributed by atoms with Gasteiger partial charge in [-0.15, -0.1) is 12.4 Å². The van der Waals surface area contributed by atoms with E-state index in [4.69, 9.17) is 20.9 Å². The number of primary amides is 2. The highest BCUT2D eigenvalue weighted by atomic mass is 35.5. The minimum atomic E-state index is -1.09. The number of methoxy groups -OCH3 is 1. The molecule has 10 nitrogen and oxygen atoms in total. The lowest BCUT2D eigenvalue weighted by molar-refractivity contribution is 0.0989. The standard InChI is InChI=1S/C32H37F2N5O5.ClH/c1-3-4-26(37-32(42)38-27-16-23(31(36)41)24(33)17-25(27)34)20-11-13-39(14-12-20)18-19-5-8-22(9-6-19)44-28-10-7-21(30(35)40)15-29(28)43-2;/h5-10,15-17,20,26H,3-4,11-14,18H2,1-2H3,(H2,35,40)(H2,36,41)(H2,37,38,42);1H. The molecule has 1 unspecified atom stereocenters. The molecule has 0 spiro atoms. The third-order valence-electron chi connectivity index (χ3n) is 7.69. The molecular weight excluding hydrogens is 608 g/mol. The molecule has 0 aromatic heterocycles. The van der Waals surface area contributed by atoms with Crippen LogP contribution in [0.2, 0.25) is 0 Å². The second-order valence-electron chi connectivity index (χ2n) is 10.8. The summed E-state index contributed by atoms with van der Waals surface area (Å²) in [6.07, 6.45) is 3.32. The van der Waals surface area contributed by atoms with Crippen molar-refractivity contribution in [2.45, 2.75) is 45.2 Å². The van der Waals surface area contributed by atoms with Gasteiger partial charge in [-0.3, -0.25) is 14.5 Å². The van der Waals surface area contributed by atoms with Crippen molar-refractivity contribution in [1.29, 1.82) is 0 Å². The van der Waals surface area contributed by atoms with Crippen LogP contribution in [0.1, 0.15) is 58.9 Å². The van der Waals surface area contributed by atoms with Crippen molar-refractivity contribution >= 4 is 35.9 Å². The highest BCUT2D eigenvalue weighted by Crippen LogP contribution is 2.33. The number of hydrogen-bond acceptors (Lipinski definition) is 6. The Hall–Kier alpha value is -4.42. The summed E-state index contributed by atoms with van der Waals surface area (Å²) in [6, 6.07) is 13.2. The topological polar surface area (TPSA) is 149 Å². The van der Waals surface area contributed by atoms with Crippen molar-refractivity contribution < 1.29 is 32.6 Å². The van der Waals surface area contributed by atoms with E-state index in [1.165, 1.54) is 13.2 Å². The summed E-state index contributed by atoms with van der Waals surface area (Å²) in [5.41, 5.74) is 11.1. The molecule has 1 saturated heterocycles. The van der Waals surface area contributed by atoms with Gasteiger partial charge >= 0.3 is 6.03 Å². The molecule has 4 rings (SSSR count). The number of nitrogens with two attached hydrogens (primary N) is 2. The lowest BCUT2D eigenvalue weighted by atomic mass is 9.87. The monoisotopic (exact) mass is 645 g/mol. The molecule has 242 valence electrons. The molecule has 1 fully saturated rings. The molecule has 0 saturated carbocycles. The van der Waals surface area contributed by atoms with Crippen LogP contribution in [0, 0.1) is 17.6 Å². The van der Waals surface area contributed by atoms with Crippen LogP contribution < -0.4 is 31.6 Å². The molecule has 1 heterocycles. The SMILES string of the molecule is CCCC(NC(=O)Nc1cc(C(N)=O)c(F)cc1F)C1CCN(Cc2ccc(Oc3ccc(C(N)=O)cc3OC)cc2)CC1.Cl. The quantitative estimate of drug-likeness (QED) is 0.202. The molecule has 0 aliphatic carbocycles. The van der Waals surface area contributed by atoms with Crippen molar-refractivity contribution in [1.82, 2.24) is 10.2 Å². The van der Waals surface area contributed by atoms with Crippen LogP contribution in [0.3, 0.4) is 0 Å². The maximum Gasteiger partial charge on any atom is 0.319 e. The summed E-state index contributed by atoms with van der Waals surface area (Å²) in [7, 11) is 1.49. The summed E-state index contributed by atoms with van der Waals surface area (Å²) < 4.78 is 39.3. The maximum atomic E-state index is 14.2. The number of ether oxygens (including phenoxy) is 2. The van der Waals surface area contributed by atoms with Gasteiger partial charge in [0.2, 0.25) is 5.91 Å². The summed E-state index contributed by atoms with van der Waals surface area (Å²) in [5.74, 6) is -1.98. The number of halogens is 3. The lowest BCUT2D eigenvalue weighted by Crippen LogP contribution is -2.46. The van der Waals surface area contributed by atoms with Gasteiger partial charge in [0, 0.05) is 24.2 Å². The Labute approximate surface area is 266 Å². The average molecular weight is 646 g/mol. The van der Waals surface area contributed by atoms with E-state index in [0.29, 0.717) is 28.9 Å². The van der Waals surface area contributed by atoms with Crippen LogP contribution in [0.5, 0.6) is 17.2 Å². The van der Waals surface area contributed by atoms with Gasteiger partial charge in [0.15, 0.2) is 11.5 Å². The van der Waals surface area contributed by atoms with Gasteiger partial charge in [0.05, 0.1) is 18.4 Å². The Morgan fingerprint density at radius 2 is 1.64 bits per heavy atom. The first-order chi connectivity index (χ1) is 21.1. The Kier molecular flexibility index (Phi) is 12.5. The summed E-state index contributed by atoms with van der Waals surface area (Å²) >= 11 is 0. The predicted octanol–water partition coefficient (Wildman–Crippen LogP) is 5.59. The van der Waals surface area contributed by atoms with Crippen molar-refractivity contribution in [2.75, 3.05) is 25.5 Å². The molecule has 13 heteroatoms. The number of amides is 4. The van der Waals surface area contributed by atoms with Crippen molar-refractivity contribution in [2.24, 2.45) is 17.4 Å². The van der Waals surface area contributed by atoms with E-state index < -0.39 is 35.0 Å². The molecule has 3 aromatic carbocycles. The number of urea groups is 1. The van der Waals surface area contributed by atoms with Gasteiger partial charge in [0.1, 0.15) is 17.4 Å². The van der Waals surface area contributed by atoms with Crippen LogP contribution in [0.25, 0.3) is 0 Å². The van der Waals surface area contributed by atoms with Crippen LogP contribution in [0.4, 0.5) is 19.3 Å². The zero-order chi connectivity index (χ0) is 31.8. The third kappa shape index (κ3) is 9.29. The summed E-state index contributed by atoms with van der Waals surface area (Å²) in [4.78, 5) is 37.9. The van der Waals surface area contributed by atoms with E-state index in [9.17, 15) is 23.2 Å². The smallest absolute Gasteiger partial charge is 0.319 e. The number of carbonyl (C=O) groups is 3. The Balaban J connectivity index is 0.00000552. The van der Waals surface area contributed by atoms with Gasteiger partial charge in [-0.05, 0) is 80.2 Å². The molecule has 3 aromatic rings. The number of carbonyl (C=O) groups excluding carboxylic acids is 3. The second kappa shape index (κ2) is 16.1. The van der Waals surface area contributed by atoms with Crippen molar-refractivity contribution in [3.8, 4) is 17.2 Å². The number of benzene rings is 3. The summed E-state index contributed by atoms with van der Waals surface area (Å²) in [6.45, 7) is 4.46. The van der Waals surface area contributed by atoms with Crippen LogP contribution in [-0.2, 0) is 6.54 Å². The number of rotatable bonds is 12. The van der Waals surface area contributed by atoms with E-state index in [1.807, 2.05) is 31.2 Å². The van der Waals surface area contributed by atoms with E-state index in [1.54, 1.807) is 12.1 Å². The van der Waals surface area contributed by atoms with Gasteiger partial charge in [0.25, 0.3) is 5.91 Å². The van der Waals surface area contributed by atoms with Gasteiger partial charge in [-0.1, -0.05) is 25.5 Å². The van der Waals surface area contributed by atoms with E-state index >= 15 is 0 Å². The highest BCUT2D eigenvalue weighted by Gasteiger charge is 2.28. The second-order valence-corrected chi connectivity index (χ2v) is 10.8. The molecule has 4 amide bonds. The number of piperidine rings is 1.